The summed E-state index contributed by atoms with van der Waals surface area (Å²) < 4.78 is 35.4. The van der Waals surface area contributed by atoms with E-state index in [1.165, 1.54) is 0 Å². The molecule has 0 bridgehead atoms. The first kappa shape index (κ1) is 24.5. The lowest BCUT2D eigenvalue weighted by atomic mass is 10.2. The van der Waals surface area contributed by atoms with Crippen molar-refractivity contribution in [2.75, 3.05) is 6.61 Å². The number of esters is 1. The van der Waals surface area contributed by atoms with Crippen molar-refractivity contribution < 1.29 is 27.7 Å². The van der Waals surface area contributed by atoms with Crippen LogP contribution < -0.4 is 4.84 Å². The quantitative estimate of drug-likeness (QED) is 0.274. The molecule has 0 amide bonds. The van der Waals surface area contributed by atoms with Crippen molar-refractivity contribution in [3.05, 3.63) is 71.8 Å². The first-order valence-corrected chi connectivity index (χ1v) is 11.3. The van der Waals surface area contributed by atoms with Crippen molar-refractivity contribution in [2.45, 2.75) is 45.6 Å². The van der Waals surface area contributed by atoms with Gasteiger partial charge in [0.15, 0.2) is 0 Å². The van der Waals surface area contributed by atoms with Crippen LogP contribution in [0.5, 0.6) is 0 Å². The Morgan fingerprint density at radius 3 is 1.90 bits per heavy atom. The van der Waals surface area contributed by atoms with Crippen LogP contribution in [0.1, 0.15) is 31.9 Å². The van der Waals surface area contributed by atoms with Crippen LogP contribution in [0.15, 0.2) is 60.7 Å². The van der Waals surface area contributed by atoms with E-state index >= 15 is 0 Å². The third-order valence-electron chi connectivity index (χ3n) is 3.90. The molecule has 0 saturated heterocycles. The summed E-state index contributed by atoms with van der Waals surface area (Å²) in [5.41, 5.74) is 0.497. The maximum absolute atomic E-state index is 13.4. The molecule has 0 unspecified atom stereocenters. The number of phosphoric ester groups is 1. The van der Waals surface area contributed by atoms with Crippen LogP contribution in [0.3, 0.4) is 0 Å². The van der Waals surface area contributed by atoms with E-state index in [4.69, 9.17) is 30.1 Å². The zero-order chi connectivity index (χ0) is 22.0. The van der Waals surface area contributed by atoms with Gasteiger partial charge in [0.25, 0.3) is 0 Å². The molecule has 0 spiro atoms. The molecule has 0 fully saturated rings. The predicted molar refractivity (Wildman–Crippen MR) is 115 cm³/mol. The lowest BCUT2D eigenvalue weighted by Gasteiger charge is -2.29. The van der Waals surface area contributed by atoms with Crippen LogP contribution in [0, 0.1) is 0 Å². The van der Waals surface area contributed by atoms with E-state index < -0.39 is 25.4 Å². The topological polar surface area (TPSA) is 83.1 Å². The Morgan fingerprint density at radius 2 is 1.47 bits per heavy atom. The van der Waals surface area contributed by atoms with Gasteiger partial charge in [-0.3, -0.25) is 18.4 Å². The molecule has 2 aromatic rings. The molecule has 0 aliphatic carbocycles. The van der Waals surface area contributed by atoms with Gasteiger partial charge in [-0.2, -0.15) is 0 Å². The molecular formula is C21H27ClNO6P. The highest BCUT2D eigenvalue weighted by molar-refractivity contribution is 7.48. The van der Waals surface area contributed by atoms with Crippen LogP contribution in [0.2, 0.25) is 0 Å². The normalized spacial score (nSPS) is 13.1. The fraction of sp³-hybridized carbons (Fsp3) is 0.381. The van der Waals surface area contributed by atoms with Crippen molar-refractivity contribution in [3.8, 4) is 0 Å². The number of phosphoric acid groups is 1. The highest BCUT2D eigenvalue weighted by atomic mass is 35.5. The van der Waals surface area contributed by atoms with E-state index in [0.717, 1.165) is 11.1 Å². The number of carbonyl (C=O) groups is 1. The summed E-state index contributed by atoms with van der Waals surface area (Å²) in [5, 5.41) is 0. The van der Waals surface area contributed by atoms with Gasteiger partial charge in [0.1, 0.15) is 18.2 Å². The lowest BCUT2D eigenvalue weighted by molar-refractivity contribution is -0.151. The van der Waals surface area contributed by atoms with E-state index in [9.17, 15) is 9.36 Å². The Bertz CT molecular complexity index is 786. The molecule has 30 heavy (non-hydrogen) atoms. The van der Waals surface area contributed by atoms with Crippen molar-refractivity contribution in [1.82, 2.24) is 4.84 Å². The summed E-state index contributed by atoms with van der Waals surface area (Å²) in [6.45, 7) is 4.72. The average molecular weight is 456 g/mol. The molecular weight excluding hydrogens is 429 g/mol. The highest BCUT2D eigenvalue weighted by Gasteiger charge is 2.37. The van der Waals surface area contributed by atoms with E-state index in [1.54, 1.807) is 20.8 Å². The zero-order valence-electron chi connectivity index (χ0n) is 17.2. The van der Waals surface area contributed by atoms with Gasteiger partial charge in [-0.25, -0.2) is 9.40 Å². The van der Waals surface area contributed by atoms with Crippen molar-refractivity contribution in [2.24, 2.45) is 0 Å². The standard InChI is InChI=1S/C21H27ClNO6P/c1-17(23-22)20(24)26-16-21(2,3)29-30(25,27-14-18-10-6-4-7-11-18)28-15-19-12-8-5-9-13-19/h4-13,17,23H,14-16H2,1-3H3/t17-/m0/s1. The molecule has 0 aromatic heterocycles. The SMILES string of the molecule is C[C@H](NCl)C(=O)OCC(C)(C)OP(=O)(OCc1ccccc1)OCc1ccccc1. The molecule has 1 atom stereocenters. The number of hydrogen-bond acceptors (Lipinski definition) is 7. The summed E-state index contributed by atoms with van der Waals surface area (Å²) >= 11 is 5.44. The monoisotopic (exact) mass is 455 g/mol. The Labute approximate surface area is 182 Å². The Balaban J connectivity index is 2.06. The Kier molecular flexibility index (Phi) is 9.49. The number of benzene rings is 2. The van der Waals surface area contributed by atoms with Gasteiger partial charge in [-0.1, -0.05) is 60.7 Å². The second kappa shape index (κ2) is 11.6. The van der Waals surface area contributed by atoms with Gasteiger partial charge in [0.05, 0.1) is 13.2 Å². The molecule has 0 radical (unpaired) electrons. The van der Waals surface area contributed by atoms with Gasteiger partial charge in [-0.05, 0) is 43.7 Å². The van der Waals surface area contributed by atoms with Gasteiger partial charge < -0.3 is 4.74 Å². The minimum absolute atomic E-state index is 0.0377. The number of ether oxygens (including phenoxy) is 1. The summed E-state index contributed by atoms with van der Waals surface area (Å²) in [4.78, 5) is 14.1. The second-order valence-corrected chi connectivity index (χ2v) is 9.07. The van der Waals surface area contributed by atoms with E-state index in [0.29, 0.717) is 0 Å². The van der Waals surface area contributed by atoms with Gasteiger partial charge >= 0.3 is 13.8 Å². The van der Waals surface area contributed by atoms with Crippen molar-refractivity contribution in [3.63, 3.8) is 0 Å². The molecule has 2 aromatic carbocycles. The third-order valence-corrected chi connectivity index (χ3v) is 5.84. The number of halogens is 1. The molecule has 1 N–H and O–H groups in total. The highest BCUT2D eigenvalue weighted by Crippen LogP contribution is 2.54. The molecule has 7 nitrogen and oxygen atoms in total. The van der Waals surface area contributed by atoms with Crippen LogP contribution in [-0.4, -0.2) is 24.2 Å². The van der Waals surface area contributed by atoms with E-state index in [1.807, 2.05) is 60.7 Å². The van der Waals surface area contributed by atoms with Gasteiger partial charge in [0.2, 0.25) is 0 Å². The third kappa shape index (κ3) is 8.56. The molecule has 0 aliphatic rings. The molecule has 0 heterocycles. The van der Waals surface area contributed by atoms with E-state index in [-0.39, 0.29) is 19.8 Å². The number of nitrogens with one attached hydrogen (secondary N) is 1. The second-order valence-electron chi connectivity index (χ2n) is 7.25. The van der Waals surface area contributed by atoms with Crippen LogP contribution >= 0.6 is 19.6 Å². The minimum Gasteiger partial charge on any atom is -0.461 e. The van der Waals surface area contributed by atoms with Crippen LogP contribution in [-0.2, 0) is 40.9 Å². The Morgan fingerprint density at radius 1 is 1.00 bits per heavy atom. The van der Waals surface area contributed by atoms with Crippen LogP contribution in [0.25, 0.3) is 0 Å². The summed E-state index contributed by atoms with van der Waals surface area (Å²) in [5.74, 6) is -0.563. The maximum atomic E-state index is 13.4. The molecule has 0 aliphatic heterocycles. The minimum atomic E-state index is -4.00. The first-order chi connectivity index (χ1) is 14.2. The summed E-state index contributed by atoms with van der Waals surface area (Å²) in [7, 11) is -4.00. The molecule has 0 saturated carbocycles. The maximum Gasteiger partial charge on any atom is 0.476 e. The van der Waals surface area contributed by atoms with E-state index in [2.05, 4.69) is 4.84 Å². The van der Waals surface area contributed by atoms with Crippen molar-refractivity contribution >= 4 is 25.6 Å². The van der Waals surface area contributed by atoms with Crippen molar-refractivity contribution in [1.29, 1.82) is 0 Å². The number of carbonyl (C=O) groups excluding carboxylic acids is 1. The summed E-state index contributed by atoms with van der Waals surface area (Å²) in [6.07, 6.45) is 0. The fourth-order valence-corrected chi connectivity index (χ4v) is 3.83. The average Bonchev–Trinajstić information content (AvgIpc) is 2.75. The fourth-order valence-electron chi connectivity index (χ4n) is 2.29. The molecule has 164 valence electrons. The smallest absolute Gasteiger partial charge is 0.461 e. The zero-order valence-corrected chi connectivity index (χ0v) is 18.9. The molecule has 2 rings (SSSR count). The first-order valence-electron chi connectivity index (χ1n) is 9.43. The largest absolute Gasteiger partial charge is 0.476 e. The van der Waals surface area contributed by atoms with Gasteiger partial charge in [0, 0.05) is 0 Å². The lowest BCUT2D eigenvalue weighted by Crippen LogP contribution is -2.36. The number of hydrogen-bond donors (Lipinski definition) is 1. The van der Waals surface area contributed by atoms with Crippen LogP contribution in [0.4, 0.5) is 0 Å². The predicted octanol–water partition coefficient (Wildman–Crippen LogP) is 5.00. The Hall–Kier alpha value is -1.73. The molecule has 9 heteroatoms. The number of rotatable bonds is 12. The summed E-state index contributed by atoms with van der Waals surface area (Å²) in [6, 6.07) is 17.8. The van der Waals surface area contributed by atoms with Gasteiger partial charge in [-0.15, -0.1) is 0 Å².